The van der Waals surface area contributed by atoms with Gasteiger partial charge < -0.3 is 24.4 Å². The van der Waals surface area contributed by atoms with E-state index >= 15 is 0 Å². The quantitative estimate of drug-likeness (QED) is 0.244. The van der Waals surface area contributed by atoms with E-state index in [9.17, 15) is 9.59 Å². The lowest BCUT2D eigenvalue weighted by atomic mass is 9.87. The largest absolute Gasteiger partial charge is 0.492 e. The van der Waals surface area contributed by atoms with Crippen LogP contribution in [0.3, 0.4) is 0 Å². The molecule has 47 heavy (non-hydrogen) atoms. The van der Waals surface area contributed by atoms with Crippen LogP contribution in [0.4, 0.5) is 4.79 Å². The number of benzene rings is 3. The Morgan fingerprint density at radius 3 is 2.04 bits per heavy atom. The Morgan fingerprint density at radius 2 is 1.47 bits per heavy atom. The number of carbonyl (C=O) groups is 2. The second-order valence-corrected chi connectivity index (χ2v) is 14.9. The van der Waals surface area contributed by atoms with Gasteiger partial charge in [-0.25, -0.2) is 4.79 Å². The molecule has 252 valence electrons. The number of fused-ring (bicyclic) bond motifs is 1. The molecule has 1 unspecified atom stereocenters. The molecule has 2 fully saturated rings. The second kappa shape index (κ2) is 14.4. The van der Waals surface area contributed by atoms with Gasteiger partial charge in [-0.05, 0) is 79.0 Å². The first-order valence-electron chi connectivity index (χ1n) is 16.8. The first-order chi connectivity index (χ1) is 22.3. The highest BCUT2D eigenvalue weighted by atomic mass is 16.6. The van der Waals surface area contributed by atoms with Crippen LogP contribution in [0.25, 0.3) is 0 Å². The van der Waals surface area contributed by atoms with Crippen molar-refractivity contribution in [3.8, 4) is 11.5 Å². The number of nitrogens with one attached hydrogen (secondary N) is 1. The van der Waals surface area contributed by atoms with Gasteiger partial charge in [-0.1, -0.05) is 75.4 Å². The molecule has 0 spiro atoms. The Labute approximate surface area is 280 Å². The van der Waals surface area contributed by atoms with E-state index in [1.54, 1.807) is 7.05 Å². The molecule has 1 aliphatic heterocycles. The number of likely N-dealkylation sites (N-methyl/N-ethyl adjacent to an activating group) is 1. The fourth-order valence-corrected chi connectivity index (χ4v) is 6.44. The van der Waals surface area contributed by atoms with E-state index < -0.39 is 11.7 Å². The van der Waals surface area contributed by atoms with Crippen LogP contribution in [0, 0.1) is 11.8 Å². The van der Waals surface area contributed by atoms with Gasteiger partial charge in [-0.3, -0.25) is 9.69 Å². The predicted molar refractivity (Wildman–Crippen MR) is 185 cm³/mol. The van der Waals surface area contributed by atoms with Crippen molar-refractivity contribution in [2.45, 2.75) is 77.7 Å². The highest BCUT2D eigenvalue weighted by Gasteiger charge is 2.59. The molecule has 0 radical (unpaired) electrons. The molecule has 3 aromatic carbocycles. The molecule has 1 saturated heterocycles. The van der Waals surface area contributed by atoms with Gasteiger partial charge in [-0.15, -0.1) is 0 Å². The number of piperidine rings is 1. The monoisotopic (exact) mass is 641 g/mol. The van der Waals surface area contributed by atoms with E-state index in [-0.39, 0.29) is 23.5 Å². The summed E-state index contributed by atoms with van der Waals surface area (Å²) in [5, 5.41) is 2.72. The highest BCUT2D eigenvalue weighted by molar-refractivity contribution is 5.81. The minimum atomic E-state index is -0.670. The molecule has 1 saturated carbocycles. The van der Waals surface area contributed by atoms with Gasteiger partial charge in [-0.2, -0.15) is 0 Å². The SMILES string of the molecule is CNC(=O)[C@H](Cc1ccc(OCCN(C(=O)OC(C)(C)C)C2[C@H]3CN(Cc4ccccc4)C[C@@H]23)cc1)Oc1ccc(C(C)(C)C)cc1. The number of rotatable bonds is 12. The van der Waals surface area contributed by atoms with E-state index in [1.807, 2.05) is 80.3 Å². The number of hydrogen-bond acceptors (Lipinski definition) is 6. The van der Waals surface area contributed by atoms with Gasteiger partial charge in [0, 0.05) is 39.1 Å². The summed E-state index contributed by atoms with van der Waals surface area (Å²) in [5.74, 6) is 2.10. The molecule has 1 aliphatic carbocycles. The second-order valence-electron chi connectivity index (χ2n) is 14.9. The van der Waals surface area contributed by atoms with Gasteiger partial charge in [0.2, 0.25) is 0 Å². The van der Waals surface area contributed by atoms with Crippen LogP contribution in [-0.2, 0) is 27.9 Å². The van der Waals surface area contributed by atoms with Crippen LogP contribution in [0.5, 0.6) is 11.5 Å². The zero-order chi connectivity index (χ0) is 33.8. The van der Waals surface area contributed by atoms with Crippen LogP contribution in [0.2, 0.25) is 0 Å². The highest BCUT2D eigenvalue weighted by Crippen LogP contribution is 2.49. The molecular weight excluding hydrogens is 590 g/mol. The number of nitrogens with zero attached hydrogens (tertiary/aromatic N) is 2. The molecule has 8 heteroatoms. The van der Waals surface area contributed by atoms with E-state index in [1.165, 1.54) is 11.1 Å². The third kappa shape index (κ3) is 9.28. The van der Waals surface area contributed by atoms with Crippen LogP contribution in [0.1, 0.15) is 58.2 Å². The maximum Gasteiger partial charge on any atom is 0.410 e. The average Bonchev–Trinajstić information content (AvgIpc) is 3.50. The molecule has 0 aromatic heterocycles. The van der Waals surface area contributed by atoms with Crippen molar-refractivity contribution >= 4 is 12.0 Å². The minimum absolute atomic E-state index is 0.0398. The van der Waals surface area contributed by atoms with Crippen molar-refractivity contribution in [2.24, 2.45) is 11.8 Å². The van der Waals surface area contributed by atoms with Gasteiger partial charge in [0.1, 0.15) is 23.7 Å². The molecule has 1 heterocycles. The first-order valence-corrected chi connectivity index (χ1v) is 16.8. The van der Waals surface area contributed by atoms with Crippen molar-refractivity contribution in [1.29, 1.82) is 0 Å². The van der Waals surface area contributed by atoms with Crippen LogP contribution >= 0.6 is 0 Å². The average molecular weight is 642 g/mol. The summed E-state index contributed by atoms with van der Waals surface area (Å²) in [6.45, 7) is 15.9. The van der Waals surface area contributed by atoms with Gasteiger partial charge in [0.15, 0.2) is 6.10 Å². The van der Waals surface area contributed by atoms with E-state index in [4.69, 9.17) is 14.2 Å². The van der Waals surface area contributed by atoms with E-state index in [0.717, 1.165) is 25.2 Å². The topological polar surface area (TPSA) is 80.3 Å². The maximum absolute atomic E-state index is 13.3. The van der Waals surface area contributed by atoms with Crippen LogP contribution in [-0.4, -0.2) is 72.8 Å². The van der Waals surface area contributed by atoms with Gasteiger partial charge >= 0.3 is 6.09 Å². The third-order valence-corrected chi connectivity index (χ3v) is 8.94. The van der Waals surface area contributed by atoms with Crippen molar-refractivity contribution in [3.05, 3.63) is 95.6 Å². The smallest absolute Gasteiger partial charge is 0.410 e. The van der Waals surface area contributed by atoms with Crippen molar-refractivity contribution < 1.29 is 23.8 Å². The zero-order valence-corrected chi connectivity index (χ0v) is 29.0. The zero-order valence-electron chi connectivity index (χ0n) is 29.0. The number of amides is 2. The standard InChI is InChI=1S/C39H51N3O5/c1-38(2,3)29-15-19-31(20-16-29)46-34(36(43)40-7)23-27-13-17-30(18-14-27)45-22-21-42(37(44)47-39(4,5)6)35-32-25-41(26-33(32)35)24-28-11-9-8-10-12-28/h8-20,32-35H,21-26H2,1-7H3,(H,40,43)/t32-,33+,34-,35?/m0/s1. The van der Waals surface area contributed by atoms with Crippen molar-refractivity contribution in [3.63, 3.8) is 0 Å². The Balaban J connectivity index is 1.15. The summed E-state index contributed by atoms with van der Waals surface area (Å²) < 4.78 is 18.0. The fraction of sp³-hybridized carbons (Fsp3) is 0.487. The Hall–Kier alpha value is -4.04. The van der Waals surface area contributed by atoms with E-state index in [0.29, 0.717) is 42.9 Å². The van der Waals surface area contributed by atoms with Crippen molar-refractivity contribution in [2.75, 3.05) is 33.3 Å². The van der Waals surface area contributed by atoms with Crippen molar-refractivity contribution in [1.82, 2.24) is 15.1 Å². The molecule has 2 aliphatic rings. The van der Waals surface area contributed by atoms with Crippen LogP contribution in [0.15, 0.2) is 78.9 Å². The fourth-order valence-electron chi connectivity index (χ4n) is 6.44. The van der Waals surface area contributed by atoms with Gasteiger partial charge in [0.05, 0.1) is 6.54 Å². The lowest BCUT2D eigenvalue weighted by Crippen LogP contribution is -2.43. The number of hydrogen-bond donors (Lipinski definition) is 1. The maximum atomic E-state index is 13.3. The lowest BCUT2D eigenvalue weighted by molar-refractivity contribution is -0.127. The minimum Gasteiger partial charge on any atom is -0.492 e. The summed E-state index contributed by atoms with van der Waals surface area (Å²) in [7, 11) is 1.62. The van der Waals surface area contributed by atoms with E-state index in [2.05, 4.69) is 55.3 Å². The molecule has 8 nitrogen and oxygen atoms in total. The lowest BCUT2D eigenvalue weighted by Gasteiger charge is -2.30. The predicted octanol–water partition coefficient (Wildman–Crippen LogP) is 6.47. The third-order valence-electron chi connectivity index (χ3n) is 8.94. The molecule has 5 rings (SSSR count). The first kappa shape index (κ1) is 34.3. The Bertz CT molecular complexity index is 1470. The molecule has 2 amide bonds. The number of likely N-dealkylation sites (tertiary alicyclic amines) is 1. The van der Waals surface area contributed by atoms with Gasteiger partial charge in [0.25, 0.3) is 5.91 Å². The molecule has 0 bridgehead atoms. The molecular formula is C39H51N3O5. The normalized spacial score (nSPS) is 19.8. The number of carbonyl (C=O) groups excluding carboxylic acids is 2. The summed E-state index contributed by atoms with van der Waals surface area (Å²) in [4.78, 5) is 30.3. The van der Waals surface area contributed by atoms with Crippen LogP contribution < -0.4 is 14.8 Å². The summed E-state index contributed by atoms with van der Waals surface area (Å²) >= 11 is 0. The summed E-state index contributed by atoms with van der Waals surface area (Å²) in [6.07, 6.45) is -0.533. The summed E-state index contributed by atoms with van der Waals surface area (Å²) in [5.41, 5.74) is 2.95. The summed E-state index contributed by atoms with van der Waals surface area (Å²) in [6, 6.07) is 26.4. The Morgan fingerprint density at radius 1 is 0.851 bits per heavy atom. The molecule has 4 atom stereocenters. The molecule has 1 N–H and O–H groups in total. The number of ether oxygens (including phenoxy) is 3. The molecule has 3 aromatic rings. The Kier molecular flexibility index (Phi) is 10.5.